The Balaban J connectivity index is 3.96. The molecule has 0 radical (unpaired) electrons. The van der Waals surface area contributed by atoms with Crippen molar-refractivity contribution in [1.29, 1.82) is 0 Å². The zero-order valence-electron chi connectivity index (χ0n) is 38.0. The van der Waals surface area contributed by atoms with E-state index in [1.54, 1.807) is 0 Å². The minimum absolute atomic E-state index is 0.0955. The minimum atomic E-state index is -4.29. The maximum Gasteiger partial charge on any atom is 0.472 e. The number of phosphoric acid groups is 1. The second-order valence-electron chi connectivity index (χ2n) is 15.6. The smallest absolute Gasteiger partial charge is 0.457 e. The Morgan fingerprint density at radius 1 is 0.525 bits per heavy atom. The maximum atomic E-state index is 12.6. The van der Waals surface area contributed by atoms with E-state index in [1.807, 2.05) is 0 Å². The molecule has 0 bridgehead atoms. The Hall–Kier alpha value is -2.06. The van der Waals surface area contributed by atoms with Gasteiger partial charge in [-0.1, -0.05) is 183 Å². The number of unbranched alkanes of at least 4 members (excludes halogenated alkanes) is 20. The van der Waals surface area contributed by atoms with E-state index in [1.165, 1.54) is 103 Å². The first kappa shape index (κ1) is 56.9. The molecule has 59 heavy (non-hydrogen) atoms. The molecule has 342 valence electrons. The van der Waals surface area contributed by atoms with Crippen LogP contribution in [0, 0.1) is 0 Å². The van der Waals surface area contributed by atoms with E-state index in [0.29, 0.717) is 13.0 Å². The van der Waals surface area contributed by atoms with Crippen LogP contribution in [-0.4, -0.2) is 49.9 Å². The largest absolute Gasteiger partial charge is 0.472 e. The van der Waals surface area contributed by atoms with Gasteiger partial charge in [0.25, 0.3) is 0 Å². The normalized spacial score (nSPS) is 14.0. The highest BCUT2D eigenvalue weighted by atomic mass is 31.2. The monoisotopic (exact) mass is 848 g/mol. The van der Waals surface area contributed by atoms with Gasteiger partial charge in [0, 0.05) is 19.6 Å². The van der Waals surface area contributed by atoms with Crippen molar-refractivity contribution in [1.82, 2.24) is 0 Å². The molecule has 0 aliphatic heterocycles. The van der Waals surface area contributed by atoms with Crippen LogP contribution in [0.1, 0.15) is 200 Å². The van der Waals surface area contributed by atoms with Gasteiger partial charge in [-0.05, 0) is 83.5 Å². The zero-order valence-corrected chi connectivity index (χ0v) is 38.9. The van der Waals surface area contributed by atoms with Crippen molar-refractivity contribution in [2.75, 3.05) is 33.0 Å². The lowest BCUT2D eigenvalue weighted by atomic mass is 10.1. The van der Waals surface area contributed by atoms with Crippen LogP contribution >= 0.6 is 7.82 Å². The number of rotatable bonds is 45. The van der Waals surface area contributed by atoms with Crippen molar-refractivity contribution >= 4 is 13.8 Å². The van der Waals surface area contributed by atoms with Gasteiger partial charge in [0.2, 0.25) is 0 Å². The van der Waals surface area contributed by atoms with Gasteiger partial charge in [0.15, 0.2) is 0 Å². The Bertz CT molecular complexity index is 1130. The number of esters is 1. The van der Waals surface area contributed by atoms with Crippen LogP contribution in [0.25, 0.3) is 0 Å². The SMILES string of the molecule is CC/C=C\C/C=C\C/C=C\C/C=C\C/C=C\CCCCCCCCCCCCOCC(COP(=O)(O)OCCN)OC(=O)CCCCCCC/C=C\CCCCCCC. The molecule has 0 fully saturated rings. The second-order valence-corrected chi connectivity index (χ2v) is 17.0. The molecule has 0 rings (SSSR count). The molecule has 0 spiro atoms. The van der Waals surface area contributed by atoms with E-state index in [2.05, 4.69) is 86.8 Å². The third kappa shape index (κ3) is 46.9. The summed E-state index contributed by atoms with van der Waals surface area (Å²) >= 11 is 0. The Kier molecular flexibility index (Phi) is 45.4. The van der Waals surface area contributed by atoms with Gasteiger partial charge in [-0.15, -0.1) is 0 Å². The number of ether oxygens (including phenoxy) is 2. The van der Waals surface area contributed by atoms with Gasteiger partial charge in [-0.25, -0.2) is 4.57 Å². The predicted molar refractivity (Wildman–Crippen MR) is 252 cm³/mol. The summed E-state index contributed by atoms with van der Waals surface area (Å²) in [7, 11) is -4.29. The Morgan fingerprint density at radius 3 is 1.44 bits per heavy atom. The molecule has 9 heteroatoms. The molecular formula is C50H90NO7P. The molecule has 2 atom stereocenters. The summed E-state index contributed by atoms with van der Waals surface area (Å²) in [6.07, 6.45) is 59.3. The van der Waals surface area contributed by atoms with Crippen LogP contribution < -0.4 is 5.73 Å². The van der Waals surface area contributed by atoms with E-state index in [-0.39, 0.29) is 32.3 Å². The number of hydrogen-bond donors (Lipinski definition) is 2. The molecule has 0 aliphatic rings. The molecule has 0 aromatic rings. The highest BCUT2D eigenvalue weighted by Crippen LogP contribution is 2.43. The molecule has 8 nitrogen and oxygen atoms in total. The first-order valence-electron chi connectivity index (χ1n) is 23.9. The maximum absolute atomic E-state index is 12.6. The molecule has 0 heterocycles. The quantitative estimate of drug-likeness (QED) is 0.0269. The van der Waals surface area contributed by atoms with Crippen molar-refractivity contribution in [3.8, 4) is 0 Å². The molecule has 2 unspecified atom stereocenters. The van der Waals surface area contributed by atoms with Crippen LogP contribution in [0.15, 0.2) is 72.9 Å². The third-order valence-electron chi connectivity index (χ3n) is 9.86. The summed E-state index contributed by atoms with van der Waals surface area (Å²) in [5.74, 6) is -0.343. The first-order chi connectivity index (χ1) is 28.9. The van der Waals surface area contributed by atoms with E-state index >= 15 is 0 Å². The number of phosphoric ester groups is 1. The number of carbonyl (C=O) groups is 1. The fourth-order valence-corrected chi connectivity index (χ4v) is 7.14. The third-order valence-corrected chi connectivity index (χ3v) is 10.8. The number of nitrogens with two attached hydrogens (primary N) is 1. The summed E-state index contributed by atoms with van der Waals surface area (Å²) in [5, 5.41) is 0. The molecule has 0 aliphatic carbocycles. The minimum Gasteiger partial charge on any atom is -0.457 e. The highest BCUT2D eigenvalue weighted by molar-refractivity contribution is 7.47. The van der Waals surface area contributed by atoms with Crippen molar-refractivity contribution in [2.24, 2.45) is 5.73 Å². The van der Waals surface area contributed by atoms with Crippen LogP contribution in [0.4, 0.5) is 0 Å². The Morgan fingerprint density at radius 2 is 0.949 bits per heavy atom. The Labute approximate surface area is 363 Å². The molecule has 3 N–H and O–H groups in total. The van der Waals surface area contributed by atoms with Gasteiger partial charge >= 0.3 is 13.8 Å². The average Bonchev–Trinajstić information content (AvgIpc) is 3.23. The zero-order chi connectivity index (χ0) is 43.0. The lowest BCUT2D eigenvalue weighted by Gasteiger charge is -2.20. The molecule has 0 saturated carbocycles. The molecule has 0 aromatic heterocycles. The summed E-state index contributed by atoms with van der Waals surface area (Å²) in [5.41, 5.74) is 5.38. The van der Waals surface area contributed by atoms with Crippen molar-refractivity contribution in [3.05, 3.63) is 72.9 Å². The summed E-state index contributed by atoms with van der Waals surface area (Å²) in [6.45, 7) is 4.78. The average molecular weight is 848 g/mol. The van der Waals surface area contributed by atoms with E-state index < -0.39 is 13.9 Å². The van der Waals surface area contributed by atoms with Gasteiger partial charge in [-0.3, -0.25) is 13.8 Å². The van der Waals surface area contributed by atoms with E-state index in [0.717, 1.165) is 77.0 Å². The van der Waals surface area contributed by atoms with Crippen LogP contribution in [0.5, 0.6) is 0 Å². The summed E-state index contributed by atoms with van der Waals surface area (Å²) < 4.78 is 33.5. The van der Waals surface area contributed by atoms with Gasteiger partial charge in [-0.2, -0.15) is 0 Å². The molecule has 0 aromatic carbocycles. The fraction of sp³-hybridized carbons (Fsp3) is 0.740. The molecule has 0 saturated heterocycles. The summed E-state index contributed by atoms with van der Waals surface area (Å²) in [6, 6.07) is 0. The molecular weight excluding hydrogens is 758 g/mol. The fourth-order valence-electron chi connectivity index (χ4n) is 6.37. The lowest BCUT2D eigenvalue weighted by Crippen LogP contribution is -2.28. The van der Waals surface area contributed by atoms with Gasteiger partial charge in [0.1, 0.15) is 6.10 Å². The molecule has 0 amide bonds. The van der Waals surface area contributed by atoms with Crippen molar-refractivity contribution in [2.45, 2.75) is 206 Å². The highest BCUT2D eigenvalue weighted by Gasteiger charge is 2.25. The van der Waals surface area contributed by atoms with Crippen molar-refractivity contribution < 1.29 is 32.8 Å². The lowest BCUT2D eigenvalue weighted by molar-refractivity contribution is -0.154. The predicted octanol–water partition coefficient (Wildman–Crippen LogP) is 14.7. The summed E-state index contributed by atoms with van der Waals surface area (Å²) in [4.78, 5) is 22.5. The first-order valence-corrected chi connectivity index (χ1v) is 25.4. The van der Waals surface area contributed by atoms with Gasteiger partial charge in [0.05, 0.1) is 19.8 Å². The number of allylic oxidation sites excluding steroid dienone is 12. The number of carbonyl (C=O) groups excluding carboxylic acids is 1. The van der Waals surface area contributed by atoms with E-state index in [9.17, 15) is 14.3 Å². The van der Waals surface area contributed by atoms with Crippen LogP contribution in [0.2, 0.25) is 0 Å². The van der Waals surface area contributed by atoms with Gasteiger partial charge < -0.3 is 20.1 Å². The van der Waals surface area contributed by atoms with Crippen molar-refractivity contribution in [3.63, 3.8) is 0 Å². The van der Waals surface area contributed by atoms with Crippen LogP contribution in [0.3, 0.4) is 0 Å². The standard InChI is InChI=1S/C50H90NO7P/c1-3-5-7-9-11-13-15-17-19-20-21-22-23-24-25-26-27-28-29-30-32-34-36-38-40-42-45-55-47-49(48-57-59(53,54)56-46-44-51)58-50(52)43-41-39-37-35-33-31-18-16-14-12-10-8-6-4-2/h5,7,11,13,16-19,21-22,24-25,49H,3-4,6,8-10,12,14-15,20,23,26-48,51H2,1-2H3,(H,53,54)/b7-5-,13-11-,18-16-,19-17-,22-21-,25-24-. The van der Waals surface area contributed by atoms with E-state index in [4.69, 9.17) is 24.3 Å². The topological polar surface area (TPSA) is 117 Å². The second kappa shape index (κ2) is 47.0. The number of hydrogen-bond acceptors (Lipinski definition) is 7. The van der Waals surface area contributed by atoms with Crippen LogP contribution in [-0.2, 0) is 27.9 Å².